The van der Waals surface area contributed by atoms with Gasteiger partial charge in [-0.15, -0.1) is 0 Å². The number of likely N-dealkylation sites (N-methyl/N-ethyl adjacent to an activating group) is 1. The molecule has 0 aliphatic carbocycles. The lowest BCUT2D eigenvalue weighted by Gasteiger charge is -2.17. The first-order chi connectivity index (χ1) is 11.2. The zero-order valence-electron chi connectivity index (χ0n) is 15.1. The van der Waals surface area contributed by atoms with Gasteiger partial charge in [0.15, 0.2) is 5.82 Å². The summed E-state index contributed by atoms with van der Waals surface area (Å²) in [5, 5.41) is 3.91. The van der Waals surface area contributed by atoms with Gasteiger partial charge < -0.3 is 14.0 Å². The SMILES string of the molecule is Cc1cc(C(=O)N(C)CCc2noc(C(C)C)n2)c(=O)n(C)c1C. The molecule has 0 spiro atoms. The van der Waals surface area contributed by atoms with E-state index in [0.29, 0.717) is 24.7 Å². The molecule has 0 radical (unpaired) electrons. The van der Waals surface area contributed by atoms with Crippen LogP contribution in [0.4, 0.5) is 0 Å². The standard InChI is InChI=1S/C17H24N4O3/c1-10(2)15-18-14(19-24-15)7-8-20(5)16(22)13-9-11(3)12(4)21(6)17(13)23/h9-10H,7-8H2,1-6H3. The average molecular weight is 332 g/mol. The van der Waals surface area contributed by atoms with E-state index in [9.17, 15) is 9.59 Å². The molecule has 0 unspecified atom stereocenters. The first kappa shape index (κ1) is 17.9. The number of nitrogens with zero attached hydrogens (tertiary/aromatic N) is 4. The number of carbonyl (C=O) groups is 1. The summed E-state index contributed by atoms with van der Waals surface area (Å²) in [7, 11) is 3.34. The Hall–Kier alpha value is -2.44. The summed E-state index contributed by atoms with van der Waals surface area (Å²) < 4.78 is 6.65. The van der Waals surface area contributed by atoms with E-state index in [-0.39, 0.29) is 22.9 Å². The minimum absolute atomic E-state index is 0.171. The molecule has 1 amide bonds. The van der Waals surface area contributed by atoms with Gasteiger partial charge in [-0.1, -0.05) is 19.0 Å². The Bertz CT molecular complexity index is 805. The number of hydrogen-bond acceptors (Lipinski definition) is 5. The Morgan fingerprint density at radius 3 is 2.62 bits per heavy atom. The van der Waals surface area contributed by atoms with Gasteiger partial charge in [-0.2, -0.15) is 4.98 Å². The molecule has 0 bridgehead atoms. The molecule has 0 N–H and O–H groups in total. The molecule has 0 saturated heterocycles. The summed E-state index contributed by atoms with van der Waals surface area (Å²) in [6.45, 7) is 8.10. The summed E-state index contributed by atoms with van der Waals surface area (Å²) in [4.78, 5) is 30.7. The van der Waals surface area contributed by atoms with Gasteiger partial charge in [-0.25, -0.2) is 0 Å². The molecule has 24 heavy (non-hydrogen) atoms. The smallest absolute Gasteiger partial charge is 0.263 e. The van der Waals surface area contributed by atoms with E-state index in [4.69, 9.17) is 4.52 Å². The molecule has 0 atom stereocenters. The van der Waals surface area contributed by atoms with E-state index in [1.165, 1.54) is 9.47 Å². The number of hydrogen-bond donors (Lipinski definition) is 0. The van der Waals surface area contributed by atoms with Crippen LogP contribution in [0.3, 0.4) is 0 Å². The lowest BCUT2D eigenvalue weighted by molar-refractivity contribution is 0.0793. The maximum absolute atomic E-state index is 12.6. The van der Waals surface area contributed by atoms with Gasteiger partial charge in [-0.05, 0) is 25.5 Å². The van der Waals surface area contributed by atoms with Crippen molar-refractivity contribution in [2.24, 2.45) is 7.05 Å². The maximum Gasteiger partial charge on any atom is 0.263 e. The van der Waals surface area contributed by atoms with E-state index in [2.05, 4.69) is 10.1 Å². The summed E-state index contributed by atoms with van der Waals surface area (Å²) in [5.41, 5.74) is 1.66. The summed E-state index contributed by atoms with van der Waals surface area (Å²) >= 11 is 0. The molecule has 7 nitrogen and oxygen atoms in total. The summed E-state index contributed by atoms with van der Waals surface area (Å²) in [6.07, 6.45) is 0.476. The van der Waals surface area contributed by atoms with Gasteiger partial charge in [0.25, 0.3) is 11.5 Å². The normalized spacial score (nSPS) is 11.1. The Morgan fingerprint density at radius 2 is 2.04 bits per heavy atom. The van der Waals surface area contributed by atoms with Crippen LogP contribution in [-0.2, 0) is 13.5 Å². The second-order valence-electron chi connectivity index (χ2n) is 6.37. The Morgan fingerprint density at radius 1 is 1.38 bits per heavy atom. The lowest BCUT2D eigenvalue weighted by atomic mass is 10.1. The van der Waals surface area contributed by atoms with Gasteiger partial charge in [0.05, 0.1) is 0 Å². The van der Waals surface area contributed by atoms with Crippen LogP contribution >= 0.6 is 0 Å². The van der Waals surface area contributed by atoms with E-state index < -0.39 is 0 Å². The van der Waals surface area contributed by atoms with Crippen LogP contribution in [0.15, 0.2) is 15.4 Å². The number of pyridine rings is 1. The van der Waals surface area contributed by atoms with Gasteiger partial charge >= 0.3 is 0 Å². The topological polar surface area (TPSA) is 81.2 Å². The van der Waals surface area contributed by atoms with Crippen LogP contribution < -0.4 is 5.56 Å². The van der Waals surface area contributed by atoms with Crippen molar-refractivity contribution in [3.63, 3.8) is 0 Å². The van der Waals surface area contributed by atoms with Crippen molar-refractivity contribution in [1.29, 1.82) is 0 Å². The van der Waals surface area contributed by atoms with Crippen molar-refractivity contribution in [2.45, 2.75) is 40.0 Å². The third-order valence-corrected chi connectivity index (χ3v) is 4.20. The highest BCUT2D eigenvalue weighted by Crippen LogP contribution is 2.12. The van der Waals surface area contributed by atoms with Crippen LogP contribution in [0.2, 0.25) is 0 Å². The summed E-state index contributed by atoms with van der Waals surface area (Å²) in [6, 6.07) is 1.65. The van der Waals surface area contributed by atoms with E-state index in [1.807, 2.05) is 27.7 Å². The van der Waals surface area contributed by atoms with Crippen molar-refractivity contribution in [2.75, 3.05) is 13.6 Å². The Kier molecular flexibility index (Phi) is 5.21. The highest BCUT2D eigenvalue weighted by molar-refractivity contribution is 5.93. The number of carbonyl (C=O) groups excluding carboxylic acids is 1. The third-order valence-electron chi connectivity index (χ3n) is 4.20. The second-order valence-corrected chi connectivity index (χ2v) is 6.37. The maximum atomic E-state index is 12.6. The molecule has 2 aromatic heterocycles. The van der Waals surface area contributed by atoms with Crippen molar-refractivity contribution < 1.29 is 9.32 Å². The predicted octanol–water partition coefficient (Wildman–Crippen LogP) is 1.82. The van der Waals surface area contributed by atoms with Crippen LogP contribution in [0, 0.1) is 13.8 Å². The van der Waals surface area contributed by atoms with Crippen LogP contribution in [0.25, 0.3) is 0 Å². The van der Waals surface area contributed by atoms with Gasteiger partial charge in [0, 0.05) is 38.7 Å². The van der Waals surface area contributed by atoms with Crippen LogP contribution in [0.5, 0.6) is 0 Å². The highest BCUT2D eigenvalue weighted by atomic mass is 16.5. The van der Waals surface area contributed by atoms with Crippen LogP contribution in [0.1, 0.15) is 53.1 Å². The largest absolute Gasteiger partial charge is 0.341 e. The van der Waals surface area contributed by atoms with Gasteiger partial charge in [0.2, 0.25) is 5.89 Å². The molecule has 7 heteroatoms. The number of rotatable bonds is 5. The first-order valence-electron chi connectivity index (χ1n) is 7.97. The minimum Gasteiger partial charge on any atom is -0.341 e. The molecule has 2 aromatic rings. The van der Waals surface area contributed by atoms with Crippen molar-refractivity contribution in [3.8, 4) is 0 Å². The predicted molar refractivity (Wildman–Crippen MR) is 90.2 cm³/mol. The quantitative estimate of drug-likeness (QED) is 0.834. The van der Waals surface area contributed by atoms with Crippen molar-refractivity contribution >= 4 is 5.91 Å². The van der Waals surface area contributed by atoms with E-state index in [1.54, 1.807) is 20.2 Å². The molecule has 0 aliphatic rings. The minimum atomic E-state index is -0.300. The molecule has 0 fully saturated rings. The monoisotopic (exact) mass is 332 g/mol. The third kappa shape index (κ3) is 3.55. The van der Waals surface area contributed by atoms with Crippen LogP contribution in [-0.4, -0.2) is 39.1 Å². The fraction of sp³-hybridized carbons (Fsp3) is 0.529. The number of aryl methyl sites for hydroxylation is 1. The fourth-order valence-corrected chi connectivity index (χ4v) is 2.31. The molecular weight excluding hydrogens is 308 g/mol. The number of amides is 1. The molecular formula is C17H24N4O3. The summed E-state index contributed by atoms with van der Waals surface area (Å²) in [5.74, 6) is 1.02. The molecule has 2 rings (SSSR count). The zero-order chi connectivity index (χ0) is 18.0. The van der Waals surface area contributed by atoms with Crippen molar-refractivity contribution in [3.05, 3.63) is 45.0 Å². The molecule has 0 aliphatic heterocycles. The Balaban J connectivity index is 2.11. The van der Waals surface area contributed by atoms with E-state index in [0.717, 1.165) is 11.3 Å². The molecule has 0 aromatic carbocycles. The Labute approximate surface area is 141 Å². The molecule has 130 valence electrons. The zero-order valence-corrected chi connectivity index (χ0v) is 15.1. The van der Waals surface area contributed by atoms with Gasteiger partial charge in [0.1, 0.15) is 5.56 Å². The highest BCUT2D eigenvalue weighted by Gasteiger charge is 2.19. The fourth-order valence-electron chi connectivity index (χ4n) is 2.31. The molecule has 2 heterocycles. The lowest BCUT2D eigenvalue weighted by Crippen LogP contribution is -2.35. The van der Waals surface area contributed by atoms with E-state index >= 15 is 0 Å². The number of aromatic nitrogens is 3. The second kappa shape index (κ2) is 6.98. The van der Waals surface area contributed by atoms with Gasteiger partial charge in [-0.3, -0.25) is 9.59 Å². The first-order valence-corrected chi connectivity index (χ1v) is 7.97. The molecule has 0 saturated carbocycles. The average Bonchev–Trinajstić information content (AvgIpc) is 3.02. The van der Waals surface area contributed by atoms with Crippen molar-refractivity contribution in [1.82, 2.24) is 19.6 Å².